The first-order valence-electron chi connectivity index (χ1n) is 5.37. The number of piperazine rings is 1. The summed E-state index contributed by atoms with van der Waals surface area (Å²) in [4.78, 5) is 26.9. The second kappa shape index (κ2) is 4.80. The Hall–Kier alpha value is -2.63. The van der Waals surface area contributed by atoms with Crippen molar-refractivity contribution >= 4 is 17.6 Å². The van der Waals surface area contributed by atoms with Crippen LogP contribution in [0.5, 0.6) is 0 Å². The molecule has 2 rings (SSSR count). The molecule has 0 saturated carbocycles. The molecule has 1 N–H and O–H groups in total. The fourth-order valence-corrected chi connectivity index (χ4v) is 1.72. The number of imide groups is 1. The van der Waals surface area contributed by atoms with Crippen molar-refractivity contribution in [3.63, 3.8) is 0 Å². The van der Waals surface area contributed by atoms with Gasteiger partial charge in [0.2, 0.25) is 11.8 Å². The number of amides is 2. The molecule has 1 aromatic heterocycles. The van der Waals surface area contributed by atoms with E-state index >= 15 is 0 Å². The number of carbonyl (C=O) groups excluding carboxylic acids is 2. The van der Waals surface area contributed by atoms with Gasteiger partial charge in [0, 0.05) is 0 Å². The zero-order valence-electron chi connectivity index (χ0n) is 9.86. The van der Waals surface area contributed by atoms with Crippen molar-refractivity contribution in [3.05, 3.63) is 23.4 Å². The minimum Gasteiger partial charge on any atom is -0.337 e. The van der Waals surface area contributed by atoms with Crippen LogP contribution in [0.3, 0.4) is 0 Å². The van der Waals surface area contributed by atoms with Gasteiger partial charge in [0.1, 0.15) is 17.6 Å². The van der Waals surface area contributed by atoms with E-state index in [0.29, 0.717) is 6.07 Å². The molecule has 104 valence electrons. The topological polar surface area (TPSA) is 86.1 Å². The van der Waals surface area contributed by atoms with Crippen LogP contribution in [0.15, 0.2) is 12.1 Å². The predicted molar refractivity (Wildman–Crippen MR) is 59.3 cm³/mol. The van der Waals surface area contributed by atoms with Crippen LogP contribution >= 0.6 is 0 Å². The molecule has 1 aromatic rings. The zero-order valence-corrected chi connectivity index (χ0v) is 9.86. The molecule has 0 spiro atoms. The summed E-state index contributed by atoms with van der Waals surface area (Å²) in [5.41, 5.74) is -1.33. The highest BCUT2D eigenvalue weighted by molar-refractivity contribution is 6.02. The molecule has 1 aliphatic heterocycles. The van der Waals surface area contributed by atoms with Gasteiger partial charge in [-0.1, -0.05) is 0 Å². The number of anilines is 1. The lowest BCUT2D eigenvalue weighted by molar-refractivity contribution is -0.141. The highest BCUT2D eigenvalue weighted by Crippen LogP contribution is 2.30. The number of nitrogens with zero attached hydrogens (tertiary/aromatic N) is 3. The van der Waals surface area contributed by atoms with Crippen molar-refractivity contribution in [1.82, 2.24) is 10.3 Å². The lowest BCUT2D eigenvalue weighted by atomic mass is 10.2. The molecule has 0 aromatic carbocycles. The number of nitrogens with one attached hydrogen (secondary N) is 1. The number of halogens is 3. The molecule has 2 heterocycles. The van der Waals surface area contributed by atoms with Gasteiger partial charge >= 0.3 is 6.18 Å². The summed E-state index contributed by atoms with van der Waals surface area (Å²) < 4.78 is 37.8. The minimum absolute atomic E-state index is 0.138. The monoisotopic (exact) mass is 284 g/mol. The van der Waals surface area contributed by atoms with E-state index in [-0.39, 0.29) is 24.5 Å². The van der Waals surface area contributed by atoms with Gasteiger partial charge < -0.3 is 4.90 Å². The first-order valence-corrected chi connectivity index (χ1v) is 5.37. The number of alkyl halides is 3. The molecular formula is C11H7F3N4O2. The average Bonchev–Trinajstić information content (AvgIpc) is 2.35. The van der Waals surface area contributed by atoms with Crippen molar-refractivity contribution < 1.29 is 22.8 Å². The third-order valence-electron chi connectivity index (χ3n) is 2.53. The van der Waals surface area contributed by atoms with Crippen LogP contribution in [0, 0.1) is 11.3 Å². The standard InChI is InChI=1S/C11H7F3N4O2/c12-11(13,14)7-2-1-6(3-15)10(16-7)18-4-8(19)17-9(20)5-18/h1-2H,4-5H2,(H,17,19,20). The number of aromatic nitrogens is 1. The van der Waals surface area contributed by atoms with E-state index in [1.807, 2.05) is 5.32 Å². The maximum atomic E-state index is 12.6. The molecule has 0 atom stereocenters. The molecule has 2 amide bonds. The Morgan fingerprint density at radius 1 is 1.25 bits per heavy atom. The molecule has 0 aliphatic carbocycles. The van der Waals surface area contributed by atoms with E-state index in [1.54, 1.807) is 6.07 Å². The summed E-state index contributed by atoms with van der Waals surface area (Å²) in [5, 5.41) is 10.9. The number of hydrogen-bond donors (Lipinski definition) is 1. The normalized spacial score (nSPS) is 15.8. The Morgan fingerprint density at radius 3 is 2.35 bits per heavy atom. The number of pyridine rings is 1. The Labute approximate surface area is 110 Å². The Morgan fingerprint density at radius 2 is 1.85 bits per heavy atom. The lowest BCUT2D eigenvalue weighted by Crippen LogP contribution is -2.52. The molecule has 0 bridgehead atoms. The predicted octanol–water partition coefficient (Wildman–Crippen LogP) is 0.435. The zero-order chi connectivity index (χ0) is 14.9. The fourth-order valence-electron chi connectivity index (χ4n) is 1.72. The van der Waals surface area contributed by atoms with Crippen molar-refractivity contribution in [1.29, 1.82) is 5.26 Å². The van der Waals surface area contributed by atoms with Crippen LogP contribution in [0.2, 0.25) is 0 Å². The van der Waals surface area contributed by atoms with E-state index in [9.17, 15) is 22.8 Å². The molecule has 1 aliphatic rings. The highest BCUT2D eigenvalue weighted by Gasteiger charge is 2.34. The highest BCUT2D eigenvalue weighted by atomic mass is 19.4. The van der Waals surface area contributed by atoms with Gasteiger partial charge in [0.25, 0.3) is 0 Å². The molecule has 20 heavy (non-hydrogen) atoms. The fraction of sp³-hybridized carbons (Fsp3) is 0.273. The van der Waals surface area contributed by atoms with Crippen LogP contribution in [0.25, 0.3) is 0 Å². The van der Waals surface area contributed by atoms with Crippen LogP contribution in [-0.4, -0.2) is 29.9 Å². The number of nitriles is 1. The molecule has 0 unspecified atom stereocenters. The Balaban J connectivity index is 2.46. The molecule has 0 radical (unpaired) electrons. The maximum absolute atomic E-state index is 12.6. The number of rotatable bonds is 1. The van der Waals surface area contributed by atoms with Crippen LogP contribution in [0.1, 0.15) is 11.3 Å². The second-order valence-electron chi connectivity index (χ2n) is 4.00. The van der Waals surface area contributed by atoms with Gasteiger partial charge in [0.05, 0.1) is 18.7 Å². The van der Waals surface area contributed by atoms with E-state index < -0.39 is 23.7 Å². The Bertz CT molecular complexity index is 605. The summed E-state index contributed by atoms with van der Waals surface area (Å²) in [6.45, 7) is -0.677. The molecule has 1 saturated heterocycles. The minimum atomic E-state index is -4.68. The largest absolute Gasteiger partial charge is 0.433 e. The van der Waals surface area contributed by atoms with Gasteiger partial charge in [-0.25, -0.2) is 4.98 Å². The molecule has 9 heteroatoms. The van der Waals surface area contributed by atoms with E-state index in [2.05, 4.69) is 4.98 Å². The summed E-state index contributed by atoms with van der Waals surface area (Å²) in [6, 6.07) is 3.32. The van der Waals surface area contributed by atoms with Gasteiger partial charge in [-0.15, -0.1) is 0 Å². The summed E-state index contributed by atoms with van der Waals surface area (Å²) in [6.07, 6.45) is -4.68. The van der Waals surface area contributed by atoms with E-state index in [1.165, 1.54) is 0 Å². The smallest absolute Gasteiger partial charge is 0.337 e. The van der Waals surface area contributed by atoms with Crippen LogP contribution in [-0.2, 0) is 15.8 Å². The molecule has 6 nitrogen and oxygen atoms in total. The van der Waals surface area contributed by atoms with Gasteiger partial charge in [-0.3, -0.25) is 14.9 Å². The van der Waals surface area contributed by atoms with Crippen LogP contribution in [0.4, 0.5) is 19.0 Å². The quantitative estimate of drug-likeness (QED) is 0.756. The first kappa shape index (κ1) is 13.8. The second-order valence-corrected chi connectivity index (χ2v) is 4.00. The van der Waals surface area contributed by atoms with Gasteiger partial charge in [-0.05, 0) is 12.1 Å². The van der Waals surface area contributed by atoms with Gasteiger partial charge in [0.15, 0.2) is 0 Å². The number of hydrogen-bond acceptors (Lipinski definition) is 5. The third-order valence-corrected chi connectivity index (χ3v) is 2.53. The first-order chi connectivity index (χ1) is 9.31. The van der Waals surface area contributed by atoms with Crippen molar-refractivity contribution in [2.75, 3.05) is 18.0 Å². The number of carbonyl (C=O) groups is 2. The van der Waals surface area contributed by atoms with E-state index in [4.69, 9.17) is 5.26 Å². The van der Waals surface area contributed by atoms with Crippen LogP contribution < -0.4 is 10.2 Å². The summed E-state index contributed by atoms with van der Waals surface area (Å²) >= 11 is 0. The summed E-state index contributed by atoms with van der Waals surface area (Å²) in [7, 11) is 0. The molecular weight excluding hydrogens is 277 g/mol. The SMILES string of the molecule is N#Cc1ccc(C(F)(F)F)nc1N1CC(=O)NC(=O)C1. The average molecular weight is 284 g/mol. The van der Waals surface area contributed by atoms with Crippen molar-refractivity contribution in [3.8, 4) is 6.07 Å². The Kier molecular flexibility index (Phi) is 3.31. The van der Waals surface area contributed by atoms with Crippen molar-refractivity contribution in [2.24, 2.45) is 0 Å². The third kappa shape index (κ3) is 2.69. The van der Waals surface area contributed by atoms with Crippen molar-refractivity contribution in [2.45, 2.75) is 6.18 Å². The maximum Gasteiger partial charge on any atom is 0.433 e. The van der Waals surface area contributed by atoms with Gasteiger partial charge in [-0.2, -0.15) is 18.4 Å². The van der Waals surface area contributed by atoms with E-state index in [0.717, 1.165) is 11.0 Å². The summed E-state index contributed by atoms with van der Waals surface area (Å²) in [5.74, 6) is -1.65. The molecule has 1 fully saturated rings. The lowest BCUT2D eigenvalue weighted by Gasteiger charge is -2.27.